The molecule has 148 valence electrons. The molecule has 0 aliphatic rings. The smallest absolute Gasteiger partial charge is 0.119 e. The summed E-state index contributed by atoms with van der Waals surface area (Å²) in [5.74, 6) is 0.966. The molecule has 0 saturated heterocycles. The van der Waals surface area contributed by atoms with E-state index in [9.17, 15) is 0 Å². The van der Waals surface area contributed by atoms with Crippen molar-refractivity contribution in [1.29, 1.82) is 0 Å². The number of hydrogen-bond acceptors (Lipinski definition) is 4. The molecular weight excluding hydrogens is 334 g/mol. The molecule has 4 heteroatoms. The predicted octanol–water partition coefficient (Wildman–Crippen LogP) is 4.26. The van der Waals surface area contributed by atoms with E-state index in [0.717, 1.165) is 57.1 Å². The fourth-order valence-corrected chi connectivity index (χ4v) is 3.16. The summed E-state index contributed by atoms with van der Waals surface area (Å²) in [7, 11) is 2.16. The minimum absolute atomic E-state index is 0.781. The predicted molar refractivity (Wildman–Crippen MR) is 113 cm³/mol. The summed E-state index contributed by atoms with van der Waals surface area (Å²) in [4.78, 5) is 9.20. The Morgan fingerprint density at radius 2 is 1.78 bits per heavy atom. The van der Waals surface area contributed by atoms with Crippen LogP contribution < -0.4 is 4.74 Å². The summed E-state index contributed by atoms with van der Waals surface area (Å²) >= 11 is 0. The fraction of sp³-hybridized carbons (Fsp3) is 0.522. The third-order valence-corrected chi connectivity index (χ3v) is 4.73. The van der Waals surface area contributed by atoms with Gasteiger partial charge in [-0.2, -0.15) is 0 Å². The first kappa shape index (κ1) is 21.4. The quantitative estimate of drug-likeness (QED) is 0.493. The largest absolute Gasteiger partial charge is 0.494 e. The number of ether oxygens (including phenoxy) is 1. The van der Waals surface area contributed by atoms with Gasteiger partial charge in [-0.3, -0.25) is 4.98 Å². The molecule has 0 fully saturated rings. The minimum Gasteiger partial charge on any atom is -0.494 e. The van der Waals surface area contributed by atoms with Crippen LogP contribution in [0, 0.1) is 0 Å². The Balaban J connectivity index is 1.66. The highest BCUT2D eigenvalue weighted by Gasteiger charge is 2.04. The molecule has 0 saturated carbocycles. The van der Waals surface area contributed by atoms with Crippen LogP contribution in [-0.2, 0) is 13.0 Å². The maximum absolute atomic E-state index is 5.90. The number of aromatic nitrogens is 1. The van der Waals surface area contributed by atoms with E-state index < -0.39 is 0 Å². The van der Waals surface area contributed by atoms with Gasteiger partial charge in [0.05, 0.1) is 6.61 Å². The van der Waals surface area contributed by atoms with Gasteiger partial charge in [-0.15, -0.1) is 0 Å². The molecule has 0 unspecified atom stereocenters. The molecule has 0 aliphatic heterocycles. The molecule has 2 rings (SSSR count). The number of hydrogen-bond donors (Lipinski definition) is 0. The summed E-state index contributed by atoms with van der Waals surface area (Å²) in [5.41, 5.74) is 2.46. The second-order valence-electron chi connectivity index (χ2n) is 7.09. The Morgan fingerprint density at radius 3 is 2.44 bits per heavy atom. The van der Waals surface area contributed by atoms with Crippen molar-refractivity contribution in [3.05, 3.63) is 59.9 Å². The first-order chi connectivity index (χ1) is 13.2. The van der Waals surface area contributed by atoms with E-state index in [1.807, 2.05) is 18.3 Å². The van der Waals surface area contributed by atoms with Gasteiger partial charge in [0.25, 0.3) is 0 Å². The van der Waals surface area contributed by atoms with Crippen molar-refractivity contribution >= 4 is 0 Å². The molecular formula is C23H35N3O. The van der Waals surface area contributed by atoms with Crippen LogP contribution in [0.4, 0.5) is 0 Å². The minimum atomic E-state index is 0.781. The summed E-state index contributed by atoms with van der Waals surface area (Å²) in [6, 6.07) is 14.6. The van der Waals surface area contributed by atoms with E-state index in [0.29, 0.717) is 0 Å². The lowest BCUT2D eigenvalue weighted by Gasteiger charge is -2.19. The van der Waals surface area contributed by atoms with Gasteiger partial charge in [0.15, 0.2) is 0 Å². The highest BCUT2D eigenvalue weighted by molar-refractivity contribution is 5.27. The Morgan fingerprint density at radius 1 is 0.963 bits per heavy atom. The third-order valence-electron chi connectivity index (χ3n) is 4.73. The molecule has 0 aliphatic carbocycles. The maximum atomic E-state index is 5.90. The Bertz CT molecular complexity index is 615. The standard InChI is InChI=1S/C23H35N3O/c1-4-16-26(5-2)17-8-19-27-23-12-10-21(11-13-23)20-25(3)18-14-22-9-6-7-15-24-22/h6-7,9-13,15H,4-5,8,14,16-20H2,1-3H3. The summed E-state index contributed by atoms with van der Waals surface area (Å²) in [5, 5.41) is 0. The van der Waals surface area contributed by atoms with Crippen molar-refractivity contribution in [1.82, 2.24) is 14.8 Å². The SMILES string of the molecule is CCCN(CC)CCCOc1ccc(CN(C)CCc2ccccn2)cc1. The second-order valence-corrected chi connectivity index (χ2v) is 7.09. The molecule has 0 spiro atoms. The van der Waals surface area contributed by atoms with Crippen LogP contribution >= 0.6 is 0 Å². The van der Waals surface area contributed by atoms with Crippen LogP contribution in [0.5, 0.6) is 5.75 Å². The van der Waals surface area contributed by atoms with Gasteiger partial charge < -0.3 is 14.5 Å². The van der Waals surface area contributed by atoms with Crippen LogP contribution in [0.1, 0.15) is 37.9 Å². The molecule has 1 aromatic carbocycles. The highest BCUT2D eigenvalue weighted by atomic mass is 16.5. The highest BCUT2D eigenvalue weighted by Crippen LogP contribution is 2.14. The van der Waals surface area contributed by atoms with E-state index in [-0.39, 0.29) is 0 Å². The topological polar surface area (TPSA) is 28.6 Å². The fourth-order valence-electron chi connectivity index (χ4n) is 3.16. The average Bonchev–Trinajstić information content (AvgIpc) is 2.70. The first-order valence-electron chi connectivity index (χ1n) is 10.2. The number of benzene rings is 1. The number of likely N-dealkylation sites (N-methyl/N-ethyl adjacent to an activating group) is 1. The van der Waals surface area contributed by atoms with E-state index >= 15 is 0 Å². The van der Waals surface area contributed by atoms with E-state index in [2.05, 4.69) is 66.0 Å². The van der Waals surface area contributed by atoms with E-state index in [4.69, 9.17) is 4.74 Å². The van der Waals surface area contributed by atoms with Gasteiger partial charge in [-0.05, 0) is 62.8 Å². The number of rotatable bonds is 13. The van der Waals surface area contributed by atoms with Crippen LogP contribution in [-0.4, -0.2) is 54.6 Å². The summed E-state index contributed by atoms with van der Waals surface area (Å²) < 4.78 is 5.90. The van der Waals surface area contributed by atoms with Crippen molar-refractivity contribution in [2.45, 2.75) is 39.7 Å². The van der Waals surface area contributed by atoms with Crippen molar-refractivity contribution < 1.29 is 4.74 Å². The van der Waals surface area contributed by atoms with Crippen LogP contribution in [0.3, 0.4) is 0 Å². The summed E-state index contributed by atoms with van der Waals surface area (Å²) in [6.07, 6.45) is 5.13. The number of nitrogens with zero attached hydrogens (tertiary/aromatic N) is 3. The molecule has 1 heterocycles. The van der Waals surface area contributed by atoms with Crippen molar-refractivity contribution in [2.75, 3.05) is 39.8 Å². The van der Waals surface area contributed by atoms with Gasteiger partial charge >= 0.3 is 0 Å². The zero-order valence-corrected chi connectivity index (χ0v) is 17.2. The zero-order chi connectivity index (χ0) is 19.3. The molecule has 1 aromatic heterocycles. The van der Waals surface area contributed by atoms with E-state index in [1.54, 1.807) is 0 Å². The molecule has 27 heavy (non-hydrogen) atoms. The summed E-state index contributed by atoms with van der Waals surface area (Å²) in [6.45, 7) is 10.6. The van der Waals surface area contributed by atoms with Crippen LogP contribution in [0.25, 0.3) is 0 Å². The second kappa shape index (κ2) is 12.5. The third kappa shape index (κ3) is 8.55. The molecule has 0 bridgehead atoms. The van der Waals surface area contributed by atoms with Crippen molar-refractivity contribution in [2.24, 2.45) is 0 Å². The van der Waals surface area contributed by atoms with Crippen LogP contribution in [0.2, 0.25) is 0 Å². The number of pyridine rings is 1. The van der Waals surface area contributed by atoms with Gasteiger partial charge in [0.1, 0.15) is 5.75 Å². The molecule has 0 radical (unpaired) electrons. The molecule has 0 amide bonds. The van der Waals surface area contributed by atoms with Gasteiger partial charge in [-0.1, -0.05) is 32.0 Å². The van der Waals surface area contributed by atoms with Crippen LogP contribution in [0.15, 0.2) is 48.7 Å². The lowest BCUT2D eigenvalue weighted by Crippen LogP contribution is -2.26. The molecule has 0 atom stereocenters. The normalized spacial score (nSPS) is 11.3. The lowest BCUT2D eigenvalue weighted by molar-refractivity contribution is 0.242. The molecule has 4 nitrogen and oxygen atoms in total. The Hall–Kier alpha value is -1.91. The van der Waals surface area contributed by atoms with Gasteiger partial charge in [0.2, 0.25) is 0 Å². The molecule has 0 N–H and O–H groups in total. The molecule has 2 aromatic rings. The lowest BCUT2D eigenvalue weighted by atomic mass is 10.2. The van der Waals surface area contributed by atoms with Crippen molar-refractivity contribution in [3.63, 3.8) is 0 Å². The average molecular weight is 370 g/mol. The van der Waals surface area contributed by atoms with Crippen molar-refractivity contribution in [3.8, 4) is 5.75 Å². The van der Waals surface area contributed by atoms with E-state index in [1.165, 1.54) is 18.5 Å². The Kier molecular flexibility index (Phi) is 9.88. The zero-order valence-electron chi connectivity index (χ0n) is 17.2. The Labute approximate surface area is 165 Å². The maximum Gasteiger partial charge on any atom is 0.119 e. The van der Waals surface area contributed by atoms with Gasteiger partial charge in [0, 0.05) is 37.9 Å². The first-order valence-corrected chi connectivity index (χ1v) is 10.2. The monoisotopic (exact) mass is 369 g/mol. The van der Waals surface area contributed by atoms with Gasteiger partial charge in [-0.25, -0.2) is 0 Å².